The SMILES string of the molecule is COc1ccc(C)cc1-c1csc2nc(-c3ccccc3)n(CCC(N)=O)c(=O)c12. The number of primary amides is 1. The van der Waals surface area contributed by atoms with Crippen molar-refractivity contribution < 1.29 is 9.53 Å². The second-order valence-corrected chi connectivity index (χ2v) is 7.87. The number of aryl methyl sites for hydroxylation is 1. The van der Waals surface area contributed by atoms with Crippen LogP contribution in [0.15, 0.2) is 58.7 Å². The molecule has 30 heavy (non-hydrogen) atoms. The van der Waals surface area contributed by atoms with Gasteiger partial charge in [0, 0.05) is 35.0 Å². The Morgan fingerprint density at radius 1 is 1.17 bits per heavy atom. The fourth-order valence-corrected chi connectivity index (χ4v) is 4.42. The van der Waals surface area contributed by atoms with Crippen LogP contribution in [0.3, 0.4) is 0 Å². The lowest BCUT2D eigenvalue weighted by Gasteiger charge is -2.13. The summed E-state index contributed by atoms with van der Waals surface area (Å²) in [4.78, 5) is 30.5. The van der Waals surface area contributed by atoms with E-state index in [1.807, 2.05) is 60.8 Å². The number of carbonyl (C=O) groups is 1. The summed E-state index contributed by atoms with van der Waals surface area (Å²) < 4.78 is 7.07. The number of methoxy groups -OCH3 is 1. The normalized spacial score (nSPS) is 11.0. The quantitative estimate of drug-likeness (QED) is 0.512. The summed E-state index contributed by atoms with van der Waals surface area (Å²) in [6, 6.07) is 15.3. The van der Waals surface area contributed by atoms with Crippen molar-refractivity contribution in [3.63, 3.8) is 0 Å². The van der Waals surface area contributed by atoms with Crippen LogP contribution in [-0.2, 0) is 11.3 Å². The predicted molar refractivity (Wildman–Crippen MR) is 120 cm³/mol. The summed E-state index contributed by atoms with van der Waals surface area (Å²) in [6.45, 7) is 2.16. The summed E-state index contributed by atoms with van der Waals surface area (Å²) in [7, 11) is 1.61. The zero-order valence-electron chi connectivity index (χ0n) is 16.7. The molecule has 0 saturated carbocycles. The van der Waals surface area contributed by atoms with Gasteiger partial charge in [0.15, 0.2) is 0 Å². The van der Waals surface area contributed by atoms with E-state index in [4.69, 9.17) is 15.5 Å². The molecule has 2 aromatic heterocycles. The minimum atomic E-state index is -0.466. The highest BCUT2D eigenvalue weighted by atomic mass is 32.1. The molecule has 0 radical (unpaired) electrons. The number of benzene rings is 2. The van der Waals surface area contributed by atoms with Gasteiger partial charge in [0.25, 0.3) is 5.56 Å². The average Bonchev–Trinajstić information content (AvgIpc) is 3.17. The van der Waals surface area contributed by atoms with E-state index in [9.17, 15) is 9.59 Å². The van der Waals surface area contributed by atoms with E-state index in [-0.39, 0.29) is 18.5 Å². The molecule has 0 aliphatic heterocycles. The second kappa shape index (κ2) is 8.12. The predicted octanol–water partition coefficient (Wildman–Crippen LogP) is 3.98. The zero-order chi connectivity index (χ0) is 21.3. The van der Waals surface area contributed by atoms with Crippen LogP contribution in [0.4, 0.5) is 0 Å². The molecule has 0 atom stereocenters. The summed E-state index contributed by atoms with van der Waals surface area (Å²) in [5.41, 5.74) is 8.66. The van der Waals surface area contributed by atoms with Crippen LogP contribution in [0.2, 0.25) is 0 Å². The number of fused-ring (bicyclic) bond motifs is 1. The van der Waals surface area contributed by atoms with Crippen LogP contribution in [0.25, 0.3) is 32.7 Å². The first-order valence-electron chi connectivity index (χ1n) is 9.50. The minimum Gasteiger partial charge on any atom is -0.496 e. The molecule has 2 heterocycles. The second-order valence-electron chi connectivity index (χ2n) is 7.01. The molecule has 0 saturated heterocycles. The molecule has 0 spiro atoms. The Kier molecular flexibility index (Phi) is 5.37. The highest BCUT2D eigenvalue weighted by Gasteiger charge is 2.20. The van der Waals surface area contributed by atoms with E-state index in [1.54, 1.807) is 11.7 Å². The number of nitrogens with zero attached hydrogens (tertiary/aromatic N) is 2. The van der Waals surface area contributed by atoms with Crippen LogP contribution < -0.4 is 16.0 Å². The molecule has 2 N–H and O–H groups in total. The van der Waals surface area contributed by atoms with Crippen LogP contribution in [0.5, 0.6) is 5.75 Å². The Bertz CT molecular complexity index is 1290. The van der Waals surface area contributed by atoms with Gasteiger partial charge in [-0.3, -0.25) is 14.2 Å². The molecule has 4 aromatic rings. The van der Waals surface area contributed by atoms with Crippen molar-refractivity contribution in [2.75, 3.05) is 7.11 Å². The molecule has 0 aliphatic carbocycles. The third kappa shape index (κ3) is 3.59. The highest BCUT2D eigenvalue weighted by Crippen LogP contribution is 2.37. The van der Waals surface area contributed by atoms with E-state index >= 15 is 0 Å². The molecule has 152 valence electrons. The first-order valence-corrected chi connectivity index (χ1v) is 10.4. The van der Waals surface area contributed by atoms with E-state index in [2.05, 4.69) is 0 Å². The maximum atomic E-state index is 13.6. The fourth-order valence-electron chi connectivity index (χ4n) is 3.49. The van der Waals surface area contributed by atoms with Gasteiger partial charge in [-0.2, -0.15) is 0 Å². The van der Waals surface area contributed by atoms with Gasteiger partial charge in [0.05, 0.1) is 12.5 Å². The molecule has 4 rings (SSSR count). The van der Waals surface area contributed by atoms with Crippen molar-refractivity contribution in [1.82, 2.24) is 9.55 Å². The number of hydrogen-bond acceptors (Lipinski definition) is 5. The average molecular weight is 420 g/mol. The van der Waals surface area contributed by atoms with Gasteiger partial charge in [0.2, 0.25) is 5.91 Å². The molecule has 1 amide bonds. The van der Waals surface area contributed by atoms with Gasteiger partial charge in [-0.15, -0.1) is 11.3 Å². The van der Waals surface area contributed by atoms with Gasteiger partial charge < -0.3 is 10.5 Å². The third-order valence-corrected chi connectivity index (χ3v) is 5.82. The van der Waals surface area contributed by atoms with Crippen LogP contribution in [0, 0.1) is 6.92 Å². The molecule has 0 unspecified atom stereocenters. The van der Waals surface area contributed by atoms with Crippen molar-refractivity contribution in [1.29, 1.82) is 0 Å². The number of carbonyl (C=O) groups excluding carboxylic acids is 1. The van der Waals surface area contributed by atoms with Crippen molar-refractivity contribution in [2.45, 2.75) is 19.9 Å². The standard InChI is InChI=1S/C23H21N3O3S/c1-14-8-9-18(29-2)16(12-14)17-13-30-22-20(17)23(28)26(11-10-19(24)27)21(25-22)15-6-4-3-5-7-15/h3-9,12-13H,10-11H2,1-2H3,(H2,24,27). The monoisotopic (exact) mass is 419 g/mol. The van der Waals surface area contributed by atoms with Gasteiger partial charge in [-0.1, -0.05) is 42.0 Å². The number of aromatic nitrogens is 2. The van der Waals surface area contributed by atoms with Crippen molar-refractivity contribution in [3.8, 4) is 28.3 Å². The summed E-state index contributed by atoms with van der Waals surface area (Å²) in [5.74, 6) is 0.751. The number of amides is 1. The lowest BCUT2D eigenvalue weighted by Crippen LogP contribution is -2.26. The summed E-state index contributed by atoms with van der Waals surface area (Å²) in [5, 5.41) is 2.46. The van der Waals surface area contributed by atoms with Crippen LogP contribution in [-0.4, -0.2) is 22.6 Å². The molecule has 0 aliphatic rings. The number of rotatable bonds is 6. The third-order valence-electron chi connectivity index (χ3n) is 4.95. The molecule has 6 nitrogen and oxygen atoms in total. The van der Waals surface area contributed by atoms with E-state index in [0.29, 0.717) is 21.8 Å². The number of hydrogen-bond donors (Lipinski definition) is 1. The maximum absolute atomic E-state index is 13.6. The van der Waals surface area contributed by atoms with Gasteiger partial charge in [0.1, 0.15) is 16.4 Å². The van der Waals surface area contributed by atoms with Crippen molar-refractivity contribution >= 4 is 27.5 Å². The Hall–Kier alpha value is -3.45. The Balaban J connectivity index is 2.00. The van der Waals surface area contributed by atoms with Gasteiger partial charge >= 0.3 is 0 Å². The van der Waals surface area contributed by atoms with Crippen LogP contribution in [0.1, 0.15) is 12.0 Å². The number of ether oxygens (including phenoxy) is 1. The van der Waals surface area contributed by atoms with E-state index in [0.717, 1.165) is 22.3 Å². The van der Waals surface area contributed by atoms with E-state index < -0.39 is 5.91 Å². The molecular formula is C23H21N3O3S. The van der Waals surface area contributed by atoms with Crippen molar-refractivity contribution in [2.24, 2.45) is 5.73 Å². The van der Waals surface area contributed by atoms with Crippen LogP contribution >= 0.6 is 11.3 Å². The molecular weight excluding hydrogens is 398 g/mol. The first kappa shape index (κ1) is 19.8. The fraction of sp³-hybridized carbons (Fsp3) is 0.174. The molecule has 7 heteroatoms. The number of nitrogens with two attached hydrogens (primary N) is 1. The van der Waals surface area contributed by atoms with Crippen molar-refractivity contribution in [3.05, 3.63) is 69.8 Å². The smallest absolute Gasteiger partial charge is 0.263 e. The molecule has 2 aromatic carbocycles. The summed E-state index contributed by atoms with van der Waals surface area (Å²) in [6.07, 6.45) is 0.0557. The molecule has 0 fully saturated rings. The highest BCUT2D eigenvalue weighted by molar-refractivity contribution is 7.17. The lowest BCUT2D eigenvalue weighted by atomic mass is 10.0. The first-order chi connectivity index (χ1) is 14.5. The zero-order valence-corrected chi connectivity index (χ0v) is 17.5. The number of thiophene rings is 1. The topological polar surface area (TPSA) is 87.2 Å². The lowest BCUT2D eigenvalue weighted by molar-refractivity contribution is -0.118. The molecule has 0 bridgehead atoms. The summed E-state index contributed by atoms with van der Waals surface area (Å²) >= 11 is 1.42. The maximum Gasteiger partial charge on any atom is 0.263 e. The van der Waals surface area contributed by atoms with Gasteiger partial charge in [-0.05, 0) is 19.1 Å². The Morgan fingerprint density at radius 3 is 2.63 bits per heavy atom. The van der Waals surface area contributed by atoms with E-state index in [1.165, 1.54) is 11.3 Å². The Labute approximate surface area is 177 Å². The Morgan fingerprint density at radius 2 is 1.93 bits per heavy atom. The largest absolute Gasteiger partial charge is 0.496 e. The minimum absolute atomic E-state index is 0.0557. The van der Waals surface area contributed by atoms with Gasteiger partial charge in [-0.25, -0.2) is 4.98 Å².